The largest absolute Gasteiger partial charge is 0.462 e. The number of aliphatic hydroxyl groups is 1. The van der Waals surface area contributed by atoms with E-state index in [1.807, 2.05) is 48.5 Å². The fourth-order valence-corrected chi connectivity index (χ4v) is 14.2. The average molecular weight is 869 g/mol. The van der Waals surface area contributed by atoms with Crippen LogP contribution in [-0.2, 0) is 42.9 Å². The molecule has 0 amide bonds. The zero-order valence-corrected chi connectivity index (χ0v) is 33.4. The van der Waals surface area contributed by atoms with Crippen LogP contribution in [0.5, 0.6) is 0 Å². The van der Waals surface area contributed by atoms with E-state index in [4.69, 9.17) is 18.9 Å². The third-order valence-electron chi connectivity index (χ3n) is 15.3. The van der Waals surface area contributed by atoms with Gasteiger partial charge < -0.3 is 24.1 Å². The summed E-state index contributed by atoms with van der Waals surface area (Å²) in [5, 5.41) is 11.6. The van der Waals surface area contributed by atoms with Gasteiger partial charge in [0, 0.05) is 6.92 Å². The zero-order valence-electron chi connectivity index (χ0n) is 33.4. The first-order chi connectivity index (χ1) is 24.7. The monoisotopic (exact) mass is 869 g/mol. The Kier molecular flexibility index (Phi) is 21.8. The average Bonchev–Trinajstić information content (AvgIpc) is 3.87. The minimum absolute atomic E-state index is 0. The lowest BCUT2D eigenvalue weighted by Gasteiger charge is -2.52. The molecule has 1 heterocycles. The first-order valence-corrected chi connectivity index (χ1v) is 20.8. The lowest BCUT2D eigenvalue weighted by Crippen LogP contribution is -2.50. The maximum atomic E-state index is 13.5. The molecular formula is C51H96O10. The summed E-state index contributed by atoms with van der Waals surface area (Å²) in [5.74, 6) is 0.852. The molecule has 360 valence electrons. The van der Waals surface area contributed by atoms with Gasteiger partial charge >= 0.3 is 29.8 Å². The van der Waals surface area contributed by atoms with Crippen molar-refractivity contribution in [1.29, 1.82) is 0 Å². The maximum Gasteiger partial charge on any atom is 0.317 e. The van der Waals surface area contributed by atoms with Crippen molar-refractivity contribution < 1.29 is 48.0 Å². The Hall–Kier alpha value is -2.49. The Morgan fingerprint density at radius 2 is 1.10 bits per heavy atom. The molecule has 0 aromatic rings. The summed E-state index contributed by atoms with van der Waals surface area (Å²) < 4.78 is 22.7. The Labute approximate surface area is 374 Å². The SMILES string of the molecule is C.C.C.C.C.C.C.C.CC(=O)OC(CC(=O)OC(C)(C)C)C1CC2CC1C(C1C3CCC(C3)C1C1C(=O)OC(=O)C1C)C2C1C(C)C2CC(C(O)CC(=O)OC(C)(C)C)C1C2. The molecule has 7 fully saturated rings. The molecule has 6 aliphatic carbocycles. The van der Waals surface area contributed by atoms with Gasteiger partial charge in [-0.15, -0.1) is 0 Å². The molecule has 18 unspecified atom stereocenters. The van der Waals surface area contributed by atoms with E-state index >= 15 is 0 Å². The number of hydrogen-bond acceptors (Lipinski definition) is 10. The highest BCUT2D eigenvalue weighted by Gasteiger charge is 2.68. The normalized spacial score (nSPS) is 38.2. The number of esters is 5. The molecule has 18 atom stereocenters. The van der Waals surface area contributed by atoms with E-state index in [0.29, 0.717) is 41.4 Å². The lowest BCUT2D eigenvalue weighted by molar-refractivity contribution is -0.166. The third-order valence-corrected chi connectivity index (χ3v) is 15.3. The number of rotatable bonds is 10. The number of carbonyl (C=O) groups is 5. The molecule has 10 nitrogen and oxygen atoms in total. The van der Waals surface area contributed by atoms with E-state index < -0.39 is 47.2 Å². The molecule has 7 rings (SSSR count). The Morgan fingerprint density at radius 1 is 0.623 bits per heavy atom. The van der Waals surface area contributed by atoms with Gasteiger partial charge in [0.25, 0.3) is 0 Å². The summed E-state index contributed by atoms with van der Waals surface area (Å²) in [6.07, 6.45) is 5.63. The van der Waals surface area contributed by atoms with Crippen molar-refractivity contribution in [3.8, 4) is 0 Å². The molecule has 0 aromatic carbocycles. The van der Waals surface area contributed by atoms with Crippen LogP contribution >= 0.6 is 0 Å². The number of carbonyl (C=O) groups excluding carboxylic acids is 5. The van der Waals surface area contributed by atoms with Gasteiger partial charge in [-0.05, 0) is 169 Å². The van der Waals surface area contributed by atoms with Gasteiger partial charge in [0.15, 0.2) is 0 Å². The van der Waals surface area contributed by atoms with Gasteiger partial charge in [0.1, 0.15) is 17.3 Å². The summed E-state index contributed by atoms with van der Waals surface area (Å²) >= 11 is 0. The van der Waals surface area contributed by atoms with Crippen LogP contribution in [0.2, 0.25) is 0 Å². The van der Waals surface area contributed by atoms with Gasteiger partial charge in [-0.25, -0.2) is 0 Å². The van der Waals surface area contributed by atoms with Crippen LogP contribution in [0.4, 0.5) is 0 Å². The second-order valence-corrected chi connectivity index (χ2v) is 20.5. The van der Waals surface area contributed by atoms with Crippen LogP contribution < -0.4 is 0 Å². The lowest BCUT2D eigenvalue weighted by atomic mass is 9.53. The Bertz CT molecular complexity index is 1480. The van der Waals surface area contributed by atoms with Crippen molar-refractivity contribution in [3.05, 3.63) is 0 Å². The summed E-state index contributed by atoms with van der Waals surface area (Å²) in [4.78, 5) is 65.1. The molecule has 1 saturated heterocycles. The molecule has 0 aromatic heterocycles. The molecule has 6 saturated carbocycles. The second kappa shape index (κ2) is 21.9. The Balaban J connectivity index is 0. The molecule has 1 N–H and O–H groups in total. The highest BCUT2D eigenvalue weighted by Crippen LogP contribution is 2.72. The van der Waals surface area contributed by atoms with Crippen molar-refractivity contribution in [2.45, 2.75) is 203 Å². The predicted octanol–water partition coefficient (Wildman–Crippen LogP) is 11.6. The predicted molar refractivity (Wildman–Crippen MR) is 247 cm³/mol. The van der Waals surface area contributed by atoms with Crippen molar-refractivity contribution in [3.63, 3.8) is 0 Å². The van der Waals surface area contributed by atoms with Crippen molar-refractivity contribution in [1.82, 2.24) is 0 Å². The molecule has 0 radical (unpaired) electrons. The molecule has 0 spiro atoms. The van der Waals surface area contributed by atoms with Crippen molar-refractivity contribution in [2.75, 3.05) is 0 Å². The molecule has 7 aliphatic rings. The molecular weight excluding hydrogens is 773 g/mol. The van der Waals surface area contributed by atoms with Gasteiger partial charge in [0.2, 0.25) is 0 Å². The number of fused-ring (bicyclic) bond motifs is 6. The molecule has 10 heteroatoms. The van der Waals surface area contributed by atoms with E-state index in [2.05, 4.69) is 6.92 Å². The number of aliphatic hydroxyl groups excluding tert-OH is 1. The summed E-state index contributed by atoms with van der Waals surface area (Å²) in [5.41, 5.74) is -1.28. The fraction of sp³-hybridized carbons (Fsp3) is 0.902. The summed E-state index contributed by atoms with van der Waals surface area (Å²) in [6.45, 7) is 16.7. The quantitative estimate of drug-likeness (QED) is 0.128. The van der Waals surface area contributed by atoms with E-state index in [-0.39, 0.29) is 132 Å². The second-order valence-electron chi connectivity index (χ2n) is 20.5. The number of cyclic esters (lactones) is 2. The van der Waals surface area contributed by atoms with E-state index in [1.165, 1.54) is 6.92 Å². The number of hydrogen-bond donors (Lipinski definition) is 1. The van der Waals surface area contributed by atoms with Crippen LogP contribution in [-0.4, -0.2) is 58.4 Å². The number of ether oxygens (including phenoxy) is 4. The highest BCUT2D eigenvalue weighted by atomic mass is 16.6. The zero-order chi connectivity index (χ0) is 38.5. The van der Waals surface area contributed by atoms with Gasteiger partial charge in [-0.3, -0.25) is 24.0 Å². The van der Waals surface area contributed by atoms with E-state index in [9.17, 15) is 29.1 Å². The van der Waals surface area contributed by atoms with Crippen LogP contribution in [0.25, 0.3) is 0 Å². The highest BCUT2D eigenvalue weighted by molar-refractivity contribution is 5.96. The van der Waals surface area contributed by atoms with Crippen LogP contribution in [0.1, 0.15) is 180 Å². The first kappa shape index (κ1) is 60.6. The smallest absolute Gasteiger partial charge is 0.317 e. The topological polar surface area (TPSA) is 143 Å². The molecule has 1 aliphatic heterocycles. The van der Waals surface area contributed by atoms with Crippen LogP contribution in [0, 0.1) is 94.7 Å². The molecule has 61 heavy (non-hydrogen) atoms. The van der Waals surface area contributed by atoms with Gasteiger partial charge in [-0.1, -0.05) is 73.3 Å². The van der Waals surface area contributed by atoms with Crippen molar-refractivity contribution in [2.24, 2.45) is 94.7 Å². The van der Waals surface area contributed by atoms with E-state index in [0.717, 1.165) is 44.9 Å². The molecule has 6 bridgehead atoms. The van der Waals surface area contributed by atoms with Crippen molar-refractivity contribution >= 4 is 29.8 Å². The fourth-order valence-electron chi connectivity index (χ4n) is 14.2. The van der Waals surface area contributed by atoms with E-state index in [1.54, 1.807) is 0 Å². The van der Waals surface area contributed by atoms with Crippen LogP contribution in [0.3, 0.4) is 0 Å². The minimum atomic E-state index is -0.767. The standard InChI is InChI=1S/C43H64O10.8CH4/c1-19-24-13-26(30(45)17-32(46)52-42(4,5)6)28(14-24)34(19)38-25-15-27(31(50-21(3)44)18-33(47)53-43(7,8)9)29(16-25)39(38)37-23-11-10-22(12-23)36(37)35-20(2)40(48)51-41(35)49;;;;;;;;/h19-20,22-31,34-39,45H,10-18H2,1-9H3;8*1H4. The van der Waals surface area contributed by atoms with Crippen LogP contribution in [0.15, 0.2) is 0 Å². The minimum Gasteiger partial charge on any atom is -0.462 e. The third kappa shape index (κ3) is 11.4. The van der Waals surface area contributed by atoms with Gasteiger partial charge in [-0.2, -0.15) is 0 Å². The summed E-state index contributed by atoms with van der Waals surface area (Å²) in [7, 11) is 0. The van der Waals surface area contributed by atoms with Gasteiger partial charge in [0.05, 0.1) is 30.8 Å². The maximum absolute atomic E-state index is 13.5. The first-order valence-electron chi connectivity index (χ1n) is 20.8. The summed E-state index contributed by atoms with van der Waals surface area (Å²) in [6, 6.07) is 0. The Morgan fingerprint density at radius 3 is 1.59 bits per heavy atom.